The first-order valence-corrected chi connectivity index (χ1v) is 5.29. The fourth-order valence-corrected chi connectivity index (χ4v) is 1.32. The molecular formula is C11H15NO7. The van der Waals surface area contributed by atoms with Crippen molar-refractivity contribution in [1.29, 1.82) is 0 Å². The van der Waals surface area contributed by atoms with Gasteiger partial charge >= 0.3 is 0 Å². The average molecular weight is 273 g/mol. The topological polar surface area (TPSA) is 150 Å². The molecule has 19 heavy (non-hydrogen) atoms. The molecule has 1 aromatic rings. The van der Waals surface area contributed by atoms with Gasteiger partial charge in [0, 0.05) is 5.56 Å². The Morgan fingerprint density at radius 3 is 1.79 bits per heavy atom. The number of amides is 1. The van der Waals surface area contributed by atoms with Crippen LogP contribution in [0.3, 0.4) is 0 Å². The molecule has 0 aliphatic rings. The highest BCUT2D eigenvalue weighted by molar-refractivity contribution is 5.96. The molecule has 8 heteroatoms. The quantitative estimate of drug-likeness (QED) is 0.314. The van der Waals surface area contributed by atoms with Crippen molar-refractivity contribution in [2.45, 2.75) is 5.54 Å². The zero-order valence-corrected chi connectivity index (χ0v) is 9.87. The van der Waals surface area contributed by atoms with Crippen molar-refractivity contribution < 1.29 is 35.4 Å². The minimum absolute atomic E-state index is 0.215. The van der Waals surface area contributed by atoms with Crippen molar-refractivity contribution in [3.63, 3.8) is 0 Å². The van der Waals surface area contributed by atoms with Crippen LogP contribution >= 0.6 is 0 Å². The number of hydrogen-bond donors (Lipinski definition) is 7. The Morgan fingerprint density at radius 2 is 1.42 bits per heavy atom. The van der Waals surface area contributed by atoms with E-state index in [2.05, 4.69) is 5.32 Å². The van der Waals surface area contributed by atoms with Crippen LogP contribution < -0.4 is 5.32 Å². The summed E-state index contributed by atoms with van der Waals surface area (Å²) in [6, 6.07) is 1.78. The van der Waals surface area contributed by atoms with E-state index < -0.39 is 48.5 Å². The van der Waals surface area contributed by atoms with E-state index in [0.29, 0.717) is 0 Å². The maximum Gasteiger partial charge on any atom is 0.252 e. The first-order valence-electron chi connectivity index (χ1n) is 5.29. The molecular weight excluding hydrogens is 258 g/mol. The predicted molar refractivity (Wildman–Crippen MR) is 62.9 cm³/mol. The van der Waals surface area contributed by atoms with E-state index >= 15 is 0 Å². The summed E-state index contributed by atoms with van der Waals surface area (Å²) in [5, 5.41) is 57.0. The normalized spacial score (nSPS) is 11.3. The Kier molecular flexibility index (Phi) is 4.54. The molecule has 0 aliphatic heterocycles. The van der Waals surface area contributed by atoms with E-state index in [0.717, 1.165) is 12.1 Å². The van der Waals surface area contributed by atoms with Crippen LogP contribution in [0.25, 0.3) is 0 Å². The molecule has 0 heterocycles. The van der Waals surface area contributed by atoms with E-state index in [9.17, 15) is 15.0 Å². The van der Waals surface area contributed by atoms with Crippen molar-refractivity contribution >= 4 is 5.91 Å². The minimum Gasteiger partial charge on any atom is -0.504 e. The smallest absolute Gasteiger partial charge is 0.252 e. The van der Waals surface area contributed by atoms with Crippen molar-refractivity contribution in [1.82, 2.24) is 5.32 Å². The summed E-state index contributed by atoms with van der Waals surface area (Å²) in [6.45, 7) is -2.12. The van der Waals surface area contributed by atoms with Gasteiger partial charge in [0.2, 0.25) is 0 Å². The second-order valence-corrected chi connectivity index (χ2v) is 4.07. The molecule has 1 aromatic carbocycles. The van der Waals surface area contributed by atoms with Crippen LogP contribution in [0.2, 0.25) is 0 Å². The lowest BCUT2D eigenvalue weighted by molar-refractivity contribution is 0.0375. The molecule has 0 bridgehead atoms. The summed E-state index contributed by atoms with van der Waals surface area (Å²) in [6.07, 6.45) is 0. The number of rotatable bonds is 5. The number of carbonyl (C=O) groups is 1. The number of nitrogens with one attached hydrogen (secondary N) is 1. The Morgan fingerprint density at radius 1 is 1.00 bits per heavy atom. The summed E-state index contributed by atoms with van der Waals surface area (Å²) < 4.78 is 0. The van der Waals surface area contributed by atoms with Crippen LogP contribution in [-0.4, -0.2) is 61.9 Å². The number of phenolic OH excluding ortho intramolecular Hbond substituents is 3. The highest BCUT2D eigenvalue weighted by Crippen LogP contribution is 2.35. The van der Waals surface area contributed by atoms with Crippen molar-refractivity contribution in [2.75, 3.05) is 19.8 Å². The molecule has 0 atom stereocenters. The van der Waals surface area contributed by atoms with Gasteiger partial charge < -0.3 is 36.0 Å². The molecule has 0 aromatic heterocycles. The van der Waals surface area contributed by atoms with Crippen LogP contribution in [0.1, 0.15) is 10.4 Å². The van der Waals surface area contributed by atoms with Crippen molar-refractivity contribution in [2.24, 2.45) is 0 Å². The molecule has 1 amide bonds. The van der Waals surface area contributed by atoms with Gasteiger partial charge in [-0.2, -0.15) is 0 Å². The van der Waals surface area contributed by atoms with E-state index in [1.807, 2.05) is 0 Å². The van der Waals surface area contributed by atoms with Gasteiger partial charge in [0.05, 0.1) is 19.8 Å². The van der Waals surface area contributed by atoms with Gasteiger partial charge in [-0.3, -0.25) is 4.79 Å². The molecule has 0 radical (unpaired) electrons. The fourth-order valence-electron chi connectivity index (χ4n) is 1.32. The Bertz CT molecular complexity index is 439. The zero-order chi connectivity index (χ0) is 14.6. The number of hydrogen-bond acceptors (Lipinski definition) is 7. The summed E-state index contributed by atoms with van der Waals surface area (Å²) in [4.78, 5) is 11.8. The van der Waals surface area contributed by atoms with Crippen LogP contribution in [-0.2, 0) is 0 Å². The van der Waals surface area contributed by atoms with Crippen molar-refractivity contribution in [3.05, 3.63) is 17.7 Å². The fraction of sp³-hybridized carbons (Fsp3) is 0.364. The van der Waals surface area contributed by atoms with E-state index in [-0.39, 0.29) is 5.56 Å². The van der Waals surface area contributed by atoms with E-state index in [4.69, 9.17) is 20.4 Å². The Hall–Kier alpha value is -2.03. The summed E-state index contributed by atoms with van der Waals surface area (Å²) in [5.41, 5.74) is -1.84. The molecule has 0 unspecified atom stereocenters. The monoisotopic (exact) mass is 273 g/mol. The molecule has 8 nitrogen and oxygen atoms in total. The zero-order valence-electron chi connectivity index (χ0n) is 9.87. The van der Waals surface area contributed by atoms with Gasteiger partial charge in [0.25, 0.3) is 5.91 Å². The third-order valence-electron chi connectivity index (χ3n) is 2.62. The minimum atomic E-state index is -1.62. The number of aromatic hydroxyl groups is 3. The highest BCUT2D eigenvalue weighted by Gasteiger charge is 2.30. The molecule has 106 valence electrons. The van der Waals surface area contributed by atoms with Gasteiger partial charge in [0.1, 0.15) is 5.54 Å². The van der Waals surface area contributed by atoms with Crippen molar-refractivity contribution in [3.8, 4) is 17.2 Å². The lowest BCUT2D eigenvalue weighted by Gasteiger charge is -2.28. The average Bonchev–Trinajstić information content (AvgIpc) is 2.41. The van der Waals surface area contributed by atoms with Gasteiger partial charge in [-0.15, -0.1) is 0 Å². The van der Waals surface area contributed by atoms with Gasteiger partial charge in [-0.25, -0.2) is 0 Å². The number of benzene rings is 1. The van der Waals surface area contributed by atoms with Crippen LogP contribution in [0, 0.1) is 0 Å². The molecule has 0 saturated carbocycles. The maximum absolute atomic E-state index is 11.8. The first-order chi connectivity index (χ1) is 8.89. The first kappa shape index (κ1) is 15.0. The second-order valence-electron chi connectivity index (χ2n) is 4.07. The number of aliphatic hydroxyl groups is 3. The Balaban J connectivity index is 3.01. The third kappa shape index (κ3) is 3.05. The second kappa shape index (κ2) is 5.74. The standard InChI is InChI=1S/C11H15NO7/c13-3-11(4-14,5-15)12-10(19)6-1-7(16)9(18)8(17)2-6/h1-2,13-18H,3-5H2,(H,12,19). The van der Waals surface area contributed by atoms with E-state index in [1.54, 1.807) is 0 Å². The summed E-state index contributed by atoms with van der Waals surface area (Å²) in [5.74, 6) is -3.03. The molecule has 0 aliphatic carbocycles. The molecule has 0 spiro atoms. The number of carbonyl (C=O) groups excluding carboxylic acids is 1. The van der Waals surface area contributed by atoms with Gasteiger partial charge in [-0.05, 0) is 12.1 Å². The molecule has 1 rings (SSSR count). The number of phenols is 3. The SMILES string of the molecule is O=C(NC(CO)(CO)CO)c1cc(O)c(O)c(O)c1. The predicted octanol–water partition coefficient (Wildman–Crippen LogP) is -1.75. The molecule has 0 fully saturated rings. The largest absolute Gasteiger partial charge is 0.504 e. The lowest BCUT2D eigenvalue weighted by Crippen LogP contribution is -2.57. The molecule has 0 saturated heterocycles. The summed E-state index contributed by atoms with van der Waals surface area (Å²) in [7, 11) is 0. The van der Waals surface area contributed by atoms with E-state index in [1.165, 1.54) is 0 Å². The van der Waals surface area contributed by atoms with Crippen LogP contribution in [0.15, 0.2) is 12.1 Å². The molecule has 7 N–H and O–H groups in total. The maximum atomic E-state index is 11.8. The summed E-state index contributed by atoms with van der Waals surface area (Å²) >= 11 is 0. The van der Waals surface area contributed by atoms with Crippen LogP contribution in [0.5, 0.6) is 17.2 Å². The Labute approximate surface area is 108 Å². The van der Waals surface area contributed by atoms with Crippen LogP contribution in [0.4, 0.5) is 0 Å². The van der Waals surface area contributed by atoms with Gasteiger partial charge in [-0.1, -0.05) is 0 Å². The lowest BCUT2D eigenvalue weighted by atomic mass is 10.0. The number of aliphatic hydroxyl groups excluding tert-OH is 3. The highest BCUT2D eigenvalue weighted by atomic mass is 16.3. The third-order valence-corrected chi connectivity index (χ3v) is 2.62. The van der Waals surface area contributed by atoms with Gasteiger partial charge in [0.15, 0.2) is 17.2 Å².